The molecule has 2 heterocycles. The minimum absolute atomic E-state index is 0.261. The highest BCUT2D eigenvalue weighted by molar-refractivity contribution is 7.07. The summed E-state index contributed by atoms with van der Waals surface area (Å²) in [6, 6.07) is 11.9. The van der Waals surface area contributed by atoms with Crippen molar-refractivity contribution in [1.29, 1.82) is 0 Å². The van der Waals surface area contributed by atoms with Gasteiger partial charge in [0.2, 0.25) is 4.80 Å². The molecular formula is C16H13FN4S. The van der Waals surface area contributed by atoms with E-state index < -0.39 is 0 Å². The van der Waals surface area contributed by atoms with Crippen molar-refractivity contribution in [2.24, 2.45) is 10.1 Å². The topological polar surface area (TPSA) is 42.5 Å². The predicted octanol–water partition coefficient (Wildman–Crippen LogP) is 3.16. The fourth-order valence-electron chi connectivity index (χ4n) is 1.95. The van der Waals surface area contributed by atoms with Gasteiger partial charge in [-0.3, -0.25) is 9.98 Å². The summed E-state index contributed by atoms with van der Waals surface area (Å²) in [5, 5.41) is 6.41. The summed E-state index contributed by atoms with van der Waals surface area (Å²) in [5.41, 5.74) is 2.50. The molecule has 0 spiro atoms. The van der Waals surface area contributed by atoms with Gasteiger partial charge >= 0.3 is 0 Å². The Hall–Kier alpha value is -2.60. The minimum atomic E-state index is -0.261. The lowest BCUT2D eigenvalue weighted by atomic mass is 10.2. The molecule has 0 fully saturated rings. The van der Waals surface area contributed by atoms with Crippen LogP contribution in [0.15, 0.2) is 64.1 Å². The van der Waals surface area contributed by atoms with Gasteiger partial charge in [0.05, 0.1) is 17.6 Å². The summed E-state index contributed by atoms with van der Waals surface area (Å²) in [4.78, 5) is 9.18. The number of pyridine rings is 1. The van der Waals surface area contributed by atoms with Gasteiger partial charge in [-0.05, 0) is 36.4 Å². The quantitative estimate of drug-likeness (QED) is 0.685. The van der Waals surface area contributed by atoms with Crippen molar-refractivity contribution in [3.63, 3.8) is 0 Å². The fraction of sp³-hybridized carbons (Fsp3) is 0.0625. The maximum absolute atomic E-state index is 13.1. The average Bonchev–Trinajstić information content (AvgIpc) is 2.97. The summed E-state index contributed by atoms with van der Waals surface area (Å²) >= 11 is 1.48. The van der Waals surface area contributed by atoms with E-state index in [2.05, 4.69) is 15.1 Å². The van der Waals surface area contributed by atoms with Crippen molar-refractivity contribution in [3.05, 3.63) is 70.4 Å². The van der Waals surface area contributed by atoms with Gasteiger partial charge in [-0.25, -0.2) is 9.07 Å². The lowest BCUT2D eigenvalue weighted by molar-refractivity contribution is 0.628. The molecule has 0 aliphatic carbocycles. The number of hydrogen-bond acceptors (Lipinski definition) is 4. The SMILES string of the molecule is CN=c1scc(-c2ccc(F)cc2)n1/N=C\c1ccccn1. The van der Waals surface area contributed by atoms with Gasteiger partial charge < -0.3 is 0 Å². The average molecular weight is 312 g/mol. The van der Waals surface area contributed by atoms with Gasteiger partial charge in [-0.2, -0.15) is 5.10 Å². The summed E-state index contributed by atoms with van der Waals surface area (Å²) in [6.45, 7) is 0. The maximum Gasteiger partial charge on any atom is 0.205 e. The number of rotatable bonds is 3. The second kappa shape index (κ2) is 6.44. The van der Waals surface area contributed by atoms with Gasteiger partial charge in [0.1, 0.15) is 5.82 Å². The van der Waals surface area contributed by atoms with Gasteiger partial charge in [-0.1, -0.05) is 6.07 Å². The number of hydrogen-bond donors (Lipinski definition) is 0. The Morgan fingerprint density at radius 3 is 2.68 bits per heavy atom. The molecule has 2 aromatic heterocycles. The minimum Gasteiger partial charge on any atom is -0.261 e. The third-order valence-corrected chi connectivity index (χ3v) is 3.92. The Kier molecular flexibility index (Phi) is 4.20. The molecular weight excluding hydrogens is 299 g/mol. The highest BCUT2D eigenvalue weighted by atomic mass is 32.1. The zero-order valence-electron chi connectivity index (χ0n) is 11.8. The highest BCUT2D eigenvalue weighted by Crippen LogP contribution is 2.20. The second-order valence-corrected chi connectivity index (χ2v) is 5.28. The van der Waals surface area contributed by atoms with E-state index in [0.717, 1.165) is 21.8 Å². The molecule has 4 nitrogen and oxygen atoms in total. The van der Waals surface area contributed by atoms with E-state index in [0.29, 0.717) is 0 Å². The van der Waals surface area contributed by atoms with E-state index in [1.807, 2.05) is 23.6 Å². The van der Waals surface area contributed by atoms with Crippen LogP contribution in [0.25, 0.3) is 11.3 Å². The van der Waals surface area contributed by atoms with Crippen LogP contribution < -0.4 is 4.80 Å². The summed E-state index contributed by atoms with van der Waals surface area (Å²) in [5.74, 6) is -0.261. The molecule has 0 saturated carbocycles. The zero-order chi connectivity index (χ0) is 15.4. The van der Waals surface area contributed by atoms with Gasteiger partial charge in [0, 0.05) is 24.2 Å². The van der Waals surface area contributed by atoms with E-state index in [1.165, 1.54) is 23.5 Å². The number of halogens is 1. The molecule has 0 unspecified atom stereocenters. The van der Waals surface area contributed by atoms with Gasteiger partial charge in [0.15, 0.2) is 0 Å². The first-order chi connectivity index (χ1) is 10.8. The highest BCUT2D eigenvalue weighted by Gasteiger charge is 2.07. The third kappa shape index (κ3) is 3.01. The van der Waals surface area contributed by atoms with Gasteiger partial charge in [0.25, 0.3) is 0 Å². The lowest BCUT2D eigenvalue weighted by Crippen LogP contribution is -2.11. The van der Waals surface area contributed by atoms with Crippen molar-refractivity contribution >= 4 is 17.6 Å². The maximum atomic E-state index is 13.1. The van der Waals surface area contributed by atoms with Crippen molar-refractivity contribution in [1.82, 2.24) is 9.66 Å². The first kappa shape index (κ1) is 14.3. The molecule has 3 aromatic rings. The van der Waals surface area contributed by atoms with Crippen molar-refractivity contribution in [2.75, 3.05) is 7.05 Å². The standard InChI is InChI=1S/C16H13FN4S/c1-18-16-21(20-10-14-4-2-3-9-19-14)15(11-22-16)12-5-7-13(17)8-6-12/h2-11H,1H3/b18-16?,20-10-. The molecule has 0 amide bonds. The Morgan fingerprint density at radius 2 is 2.00 bits per heavy atom. The van der Waals surface area contributed by atoms with Crippen LogP contribution in [0, 0.1) is 5.82 Å². The Bertz CT molecular complexity index is 848. The van der Waals surface area contributed by atoms with E-state index in [1.54, 1.807) is 36.3 Å². The van der Waals surface area contributed by atoms with Crippen molar-refractivity contribution in [2.45, 2.75) is 0 Å². The molecule has 22 heavy (non-hydrogen) atoms. The third-order valence-electron chi connectivity index (χ3n) is 3.01. The van der Waals surface area contributed by atoms with Crippen LogP contribution in [0.4, 0.5) is 4.39 Å². The monoisotopic (exact) mass is 312 g/mol. The van der Waals surface area contributed by atoms with Crippen LogP contribution in [0.5, 0.6) is 0 Å². The van der Waals surface area contributed by atoms with E-state index >= 15 is 0 Å². The molecule has 0 radical (unpaired) electrons. The normalized spacial score (nSPS) is 12.2. The van der Waals surface area contributed by atoms with Gasteiger partial charge in [-0.15, -0.1) is 11.3 Å². The molecule has 1 aromatic carbocycles. The van der Waals surface area contributed by atoms with Crippen LogP contribution in [0.1, 0.15) is 5.69 Å². The molecule has 0 saturated heterocycles. The van der Waals surface area contributed by atoms with Crippen LogP contribution in [0.2, 0.25) is 0 Å². The summed E-state index contributed by atoms with van der Waals surface area (Å²) in [7, 11) is 1.72. The van der Waals surface area contributed by atoms with E-state index in [-0.39, 0.29) is 5.82 Å². The second-order valence-electron chi connectivity index (χ2n) is 4.44. The molecule has 0 aliphatic rings. The lowest BCUT2D eigenvalue weighted by Gasteiger charge is -2.03. The first-order valence-corrected chi connectivity index (χ1v) is 7.50. The molecule has 0 atom stereocenters. The Balaban J connectivity index is 2.05. The number of benzene rings is 1. The number of thiazole rings is 1. The van der Waals surface area contributed by atoms with Crippen LogP contribution >= 0.6 is 11.3 Å². The number of nitrogens with zero attached hydrogens (tertiary/aromatic N) is 4. The first-order valence-electron chi connectivity index (χ1n) is 6.62. The molecule has 0 aliphatic heterocycles. The Morgan fingerprint density at radius 1 is 1.18 bits per heavy atom. The molecule has 0 N–H and O–H groups in total. The molecule has 6 heteroatoms. The van der Waals surface area contributed by atoms with Crippen LogP contribution in [0.3, 0.4) is 0 Å². The van der Waals surface area contributed by atoms with E-state index in [9.17, 15) is 4.39 Å². The fourth-order valence-corrected chi connectivity index (χ4v) is 2.75. The van der Waals surface area contributed by atoms with Crippen molar-refractivity contribution < 1.29 is 4.39 Å². The molecule has 3 rings (SSSR count). The molecule has 110 valence electrons. The largest absolute Gasteiger partial charge is 0.261 e. The Labute approximate surface area is 130 Å². The summed E-state index contributed by atoms with van der Waals surface area (Å²) in [6.07, 6.45) is 3.39. The predicted molar refractivity (Wildman–Crippen MR) is 86.4 cm³/mol. The zero-order valence-corrected chi connectivity index (χ0v) is 12.7. The van der Waals surface area contributed by atoms with E-state index in [4.69, 9.17) is 0 Å². The van der Waals surface area contributed by atoms with Crippen molar-refractivity contribution in [3.8, 4) is 11.3 Å². The molecule has 0 bridgehead atoms. The van der Waals surface area contributed by atoms with Crippen LogP contribution in [-0.4, -0.2) is 22.9 Å². The smallest absolute Gasteiger partial charge is 0.205 e. The van der Waals surface area contributed by atoms with Crippen LogP contribution in [-0.2, 0) is 0 Å². The summed E-state index contributed by atoms with van der Waals surface area (Å²) < 4.78 is 14.8. The number of aromatic nitrogens is 2.